The van der Waals surface area contributed by atoms with Crippen LogP contribution in [0.25, 0.3) is 0 Å². The van der Waals surface area contributed by atoms with Crippen molar-refractivity contribution in [3.63, 3.8) is 0 Å². The fraction of sp³-hybridized carbons (Fsp3) is 0.604. The summed E-state index contributed by atoms with van der Waals surface area (Å²) >= 11 is 0. The summed E-state index contributed by atoms with van der Waals surface area (Å²) in [4.78, 5) is 12.4. The second kappa shape index (κ2) is 25.5. The average molecular weight is 911 g/mol. The third kappa shape index (κ3) is 14.0. The zero-order valence-electron chi connectivity index (χ0n) is 40.5. The van der Waals surface area contributed by atoms with E-state index in [4.69, 9.17) is 32.7 Å². The van der Waals surface area contributed by atoms with Gasteiger partial charge in [0.05, 0.1) is 40.1 Å². The van der Waals surface area contributed by atoms with Crippen LogP contribution in [-0.2, 0) is 35.3 Å². The van der Waals surface area contributed by atoms with Gasteiger partial charge in [0.1, 0.15) is 31.1 Å². The molecule has 3 aromatic carbocycles. The Hall–Kier alpha value is -3.62. The molecule has 65 heavy (non-hydrogen) atoms. The summed E-state index contributed by atoms with van der Waals surface area (Å²) in [5.74, 6) is 9.94. The van der Waals surface area contributed by atoms with Gasteiger partial charge in [-0.3, -0.25) is 0 Å². The van der Waals surface area contributed by atoms with Gasteiger partial charge in [0.25, 0.3) is 8.53 Å². The zero-order valence-corrected chi connectivity index (χ0v) is 41.4. The number of methoxy groups -OCH3 is 2. The van der Waals surface area contributed by atoms with Gasteiger partial charge in [-0.15, -0.1) is 11.8 Å². The molecule has 354 valence electrons. The normalized spacial score (nSPS) is 22.1. The number of hydrogen-bond acceptors (Lipinski definition) is 9. The molecule has 1 saturated heterocycles. The largest absolute Gasteiger partial charge is 0.497 e. The average Bonchev–Trinajstić information content (AvgIpc) is 3.81. The molecular weight excluding hydrogens is 834 g/mol. The van der Waals surface area contributed by atoms with Crippen molar-refractivity contribution in [2.24, 2.45) is 17.8 Å². The van der Waals surface area contributed by atoms with E-state index in [0.717, 1.165) is 105 Å². The van der Waals surface area contributed by atoms with Gasteiger partial charge in [0.2, 0.25) is 0 Å². The van der Waals surface area contributed by atoms with Crippen molar-refractivity contribution >= 4 is 22.5 Å². The van der Waals surface area contributed by atoms with Crippen LogP contribution < -0.4 is 14.8 Å². The Kier molecular flexibility index (Phi) is 19.9. The minimum Gasteiger partial charge on any atom is -0.497 e. The Morgan fingerprint density at radius 1 is 0.815 bits per heavy atom. The summed E-state index contributed by atoms with van der Waals surface area (Å²) in [5, 5.41) is 2.97. The Morgan fingerprint density at radius 3 is 1.92 bits per heavy atom. The Morgan fingerprint density at radius 2 is 1.37 bits per heavy atom. The SMILES string of the molecule is B[C@H]1C[C@@H](OP(OCCC)N(C(C)C)C(C)C)[C@@H](COC(c2ccc(CCCCCCCNC(=O)OC[C@@H]3[C@@H]4CCC#CCC[C@@H]43)cc2)(c2ccc(OC)cc2)c2ccc(OC)cc2)O1. The lowest BCUT2D eigenvalue weighted by atomic mass is 9.79. The molecule has 0 radical (unpaired) electrons. The Balaban J connectivity index is 1.10. The Labute approximate surface area is 392 Å². The fourth-order valence-corrected chi connectivity index (χ4v) is 11.6. The van der Waals surface area contributed by atoms with Crippen molar-refractivity contribution in [2.45, 2.75) is 148 Å². The molecule has 10 nitrogen and oxygen atoms in total. The van der Waals surface area contributed by atoms with Crippen LogP contribution in [-0.4, -0.2) is 89.5 Å². The van der Waals surface area contributed by atoms with Gasteiger partial charge in [-0.25, -0.2) is 9.46 Å². The number of aryl methyl sites for hydroxylation is 1. The molecule has 1 amide bonds. The monoisotopic (exact) mass is 911 g/mol. The van der Waals surface area contributed by atoms with Gasteiger partial charge in [0.15, 0.2) is 0 Å². The lowest BCUT2D eigenvalue weighted by Crippen LogP contribution is -2.39. The first kappa shape index (κ1) is 50.8. The van der Waals surface area contributed by atoms with E-state index in [1.54, 1.807) is 14.2 Å². The van der Waals surface area contributed by atoms with Gasteiger partial charge in [-0.1, -0.05) is 74.7 Å². The molecule has 2 aliphatic carbocycles. The van der Waals surface area contributed by atoms with Gasteiger partial charge in [-0.05, 0) is 137 Å². The maximum atomic E-state index is 12.4. The molecule has 2 fully saturated rings. The van der Waals surface area contributed by atoms with E-state index >= 15 is 0 Å². The number of hydrogen-bond donors (Lipinski definition) is 1. The smallest absolute Gasteiger partial charge is 0.407 e. The number of carbonyl (C=O) groups is 1. The minimum absolute atomic E-state index is 0.00616. The number of carbonyl (C=O) groups excluding carboxylic acids is 1. The standard InChI is InChI=1S/C53H76BN2O8P/c1-8-34-62-65(56(38(2)3)39(4)5)64-49-35-51(54)63-50(49)37-61-53(42-25-29-44(58-6)30-26-42,43-27-31-45(59-7)32-28-43)41-23-21-40(22-24-41)18-14-10-9-13-17-33-55-52(57)60-36-48-46-19-15-11-12-16-20-47(46)48/h21-32,38-39,46-51H,8-10,13-20,33-37,54H2,1-7H3,(H,55,57)/t46-,47+,48-,49-,50-,51-,65?/m1/s1. The van der Waals surface area contributed by atoms with Crippen molar-refractivity contribution in [1.82, 2.24) is 9.99 Å². The molecule has 1 heterocycles. The van der Waals surface area contributed by atoms with Crippen LogP contribution in [0.3, 0.4) is 0 Å². The van der Waals surface area contributed by atoms with Crippen LogP contribution in [0.2, 0.25) is 0 Å². The van der Waals surface area contributed by atoms with Gasteiger partial charge in [0, 0.05) is 37.5 Å². The number of benzene rings is 3. The molecule has 1 saturated carbocycles. The van der Waals surface area contributed by atoms with Crippen LogP contribution in [0.4, 0.5) is 4.79 Å². The molecule has 6 rings (SSSR count). The predicted octanol–water partition coefficient (Wildman–Crippen LogP) is 10.6. The molecule has 12 heteroatoms. The minimum atomic E-state index is -1.32. The van der Waals surface area contributed by atoms with Crippen molar-refractivity contribution in [1.29, 1.82) is 0 Å². The molecule has 1 aliphatic heterocycles. The molecular formula is C53H76BN2O8P. The molecule has 0 spiro atoms. The number of ether oxygens (including phenoxy) is 5. The second-order valence-corrected chi connectivity index (χ2v) is 20.0. The number of alkyl carbamates (subject to hydrolysis) is 1. The van der Waals surface area contributed by atoms with Gasteiger partial charge in [-0.2, -0.15) is 0 Å². The highest BCUT2D eigenvalue weighted by molar-refractivity contribution is 7.44. The Bertz CT molecular complexity index is 1860. The third-order valence-electron chi connectivity index (χ3n) is 13.2. The summed E-state index contributed by atoms with van der Waals surface area (Å²) < 4.78 is 46.6. The van der Waals surface area contributed by atoms with Crippen LogP contribution >= 0.6 is 8.53 Å². The quantitative estimate of drug-likeness (QED) is 0.0278. The van der Waals surface area contributed by atoms with Crippen LogP contribution in [0.15, 0.2) is 72.8 Å². The number of amides is 1. The predicted molar refractivity (Wildman–Crippen MR) is 263 cm³/mol. The first-order chi connectivity index (χ1) is 31.6. The van der Waals surface area contributed by atoms with E-state index in [-0.39, 0.29) is 36.4 Å². The lowest BCUT2D eigenvalue weighted by molar-refractivity contribution is -0.0714. The molecule has 7 atom stereocenters. The number of rotatable bonds is 26. The molecule has 3 aliphatic rings. The molecule has 3 aromatic rings. The van der Waals surface area contributed by atoms with Gasteiger partial charge >= 0.3 is 6.09 Å². The number of fused-ring (bicyclic) bond motifs is 1. The van der Waals surface area contributed by atoms with Crippen molar-refractivity contribution in [2.75, 3.05) is 40.6 Å². The van der Waals surface area contributed by atoms with E-state index < -0.39 is 14.1 Å². The van der Waals surface area contributed by atoms with E-state index in [9.17, 15) is 4.79 Å². The second-order valence-electron chi connectivity index (χ2n) is 18.6. The highest BCUT2D eigenvalue weighted by Gasteiger charge is 2.49. The molecule has 1 N–H and O–H groups in total. The summed E-state index contributed by atoms with van der Waals surface area (Å²) in [6, 6.07) is 25.8. The first-order valence-corrected chi connectivity index (χ1v) is 25.6. The van der Waals surface area contributed by atoms with Crippen molar-refractivity contribution in [3.05, 3.63) is 95.1 Å². The maximum Gasteiger partial charge on any atom is 0.407 e. The number of nitrogens with one attached hydrogen (secondary N) is 1. The highest BCUT2D eigenvalue weighted by atomic mass is 31.2. The molecule has 0 bridgehead atoms. The highest BCUT2D eigenvalue weighted by Crippen LogP contribution is 2.53. The van der Waals surface area contributed by atoms with E-state index in [2.05, 4.69) is 113 Å². The van der Waals surface area contributed by atoms with E-state index in [1.807, 2.05) is 24.3 Å². The number of nitrogens with zero attached hydrogens (tertiary/aromatic N) is 1. The third-order valence-corrected chi connectivity index (χ3v) is 15.4. The van der Waals surface area contributed by atoms with Crippen LogP contribution in [0, 0.1) is 29.6 Å². The van der Waals surface area contributed by atoms with Crippen LogP contribution in [0.1, 0.15) is 128 Å². The summed E-state index contributed by atoms with van der Waals surface area (Å²) in [5.41, 5.74) is 3.26. The van der Waals surface area contributed by atoms with Gasteiger partial charge < -0.3 is 38.0 Å². The first-order valence-electron chi connectivity index (χ1n) is 24.5. The molecule has 0 aromatic heterocycles. The lowest BCUT2D eigenvalue weighted by Gasteiger charge is -2.39. The van der Waals surface area contributed by atoms with Crippen molar-refractivity contribution < 1.29 is 37.5 Å². The summed E-state index contributed by atoms with van der Waals surface area (Å²) in [7, 11) is 4.17. The topological polar surface area (TPSA) is 97.0 Å². The maximum absolute atomic E-state index is 12.4. The summed E-state index contributed by atoms with van der Waals surface area (Å²) in [6.07, 6.45) is 11.5. The zero-order chi connectivity index (χ0) is 46.2. The number of unbranched alkanes of at least 4 members (excludes halogenated alkanes) is 4. The summed E-state index contributed by atoms with van der Waals surface area (Å²) in [6.45, 7) is 13.1. The van der Waals surface area contributed by atoms with E-state index in [1.165, 1.54) is 5.56 Å². The fourth-order valence-electron chi connectivity index (χ4n) is 9.78. The van der Waals surface area contributed by atoms with E-state index in [0.29, 0.717) is 44.1 Å². The van der Waals surface area contributed by atoms with Crippen molar-refractivity contribution in [3.8, 4) is 23.3 Å². The molecule has 1 unspecified atom stereocenters. The van der Waals surface area contributed by atoms with Crippen LogP contribution in [0.5, 0.6) is 11.5 Å².